The zero-order valence-corrected chi connectivity index (χ0v) is 26.7. The van der Waals surface area contributed by atoms with Crippen LogP contribution in [0.25, 0.3) is 0 Å². The maximum Gasteiger partial charge on any atom is 0.294 e. The molecule has 0 radical (unpaired) electrons. The van der Waals surface area contributed by atoms with Crippen LogP contribution in [0.5, 0.6) is 0 Å². The van der Waals surface area contributed by atoms with Crippen molar-refractivity contribution >= 4 is 33.0 Å². The van der Waals surface area contributed by atoms with Crippen LogP contribution in [-0.2, 0) is 25.7 Å². The predicted molar refractivity (Wildman–Crippen MR) is 171 cm³/mol. The summed E-state index contributed by atoms with van der Waals surface area (Å²) in [5, 5.41) is 0. The van der Waals surface area contributed by atoms with Gasteiger partial charge in [-0.1, -0.05) is 50.8 Å². The molecule has 2 aliphatic heterocycles. The molecule has 0 spiro atoms. The molecular formula is C34H46N3O4S+. The Kier molecular flexibility index (Phi) is 9.31. The van der Waals surface area contributed by atoms with Crippen molar-refractivity contribution in [1.29, 1.82) is 0 Å². The third-order valence-corrected chi connectivity index (χ3v) is 9.77. The van der Waals surface area contributed by atoms with Gasteiger partial charge >= 0.3 is 0 Å². The van der Waals surface area contributed by atoms with Crippen molar-refractivity contribution in [3.63, 3.8) is 0 Å². The number of allylic oxidation sites excluding steroid dienone is 4. The van der Waals surface area contributed by atoms with Crippen LogP contribution in [0.15, 0.2) is 65.2 Å². The molecule has 2 heterocycles. The minimum Gasteiger partial charge on any atom is -0.344 e. The highest BCUT2D eigenvalue weighted by molar-refractivity contribution is 7.85. The molecule has 0 bridgehead atoms. The number of Topliss-reactive ketones (excluding diaryl/α,β-unsaturated/α-hetero) is 1. The Bertz CT molecular complexity index is 1560. The van der Waals surface area contributed by atoms with Gasteiger partial charge in [0.25, 0.3) is 10.1 Å². The summed E-state index contributed by atoms with van der Waals surface area (Å²) in [6, 6.07) is 11.5. The number of carbonyl (C=O) groups is 1. The molecule has 0 amide bonds. The summed E-state index contributed by atoms with van der Waals surface area (Å²) in [6.07, 6.45) is 11.9. The number of rotatable bonds is 12. The zero-order valence-electron chi connectivity index (χ0n) is 25.9. The number of hydrogen-bond acceptors (Lipinski definition) is 5. The molecule has 0 saturated heterocycles. The van der Waals surface area contributed by atoms with Crippen LogP contribution in [0.1, 0.15) is 82.9 Å². The molecule has 4 rings (SSSR count). The van der Waals surface area contributed by atoms with E-state index >= 15 is 0 Å². The maximum absolute atomic E-state index is 12.0. The van der Waals surface area contributed by atoms with E-state index in [0.717, 1.165) is 55.6 Å². The fourth-order valence-electron chi connectivity index (χ4n) is 6.46. The summed E-state index contributed by atoms with van der Waals surface area (Å²) in [7, 11) is -2.21. The summed E-state index contributed by atoms with van der Waals surface area (Å²) in [5.74, 6) is 0.113. The van der Waals surface area contributed by atoms with E-state index in [1.165, 1.54) is 28.6 Å². The number of hydrogen-bond donors (Lipinski definition) is 2. The van der Waals surface area contributed by atoms with Crippen LogP contribution in [-0.4, -0.2) is 49.2 Å². The Hall–Kier alpha value is -3.07. The Morgan fingerprint density at radius 1 is 0.976 bits per heavy atom. The maximum atomic E-state index is 12.0. The third-order valence-electron chi connectivity index (χ3n) is 8.92. The van der Waals surface area contributed by atoms with Gasteiger partial charge in [-0.05, 0) is 69.5 Å². The van der Waals surface area contributed by atoms with Crippen LogP contribution in [0.3, 0.4) is 0 Å². The van der Waals surface area contributed by atoms with E-state index in [2.05, 4.69) is 87.6 Å². The van der Waals surface area contributed by atoms with Crippen LogP contribution in [0.4, 0.5) is 11.4 Å². The molecule has 2 aromatic rings. The standard InChI is InChI=1S/C34H45N3O4S/c1-24-16-18-29-27(21-24)33(2,3)31(36(29)6)14-12-15-32-34(4,5)28-22-26(42(39,40)41)17-19-30(28)37(32)20-11-9-7-8-10-13-25(38)23-35/h12,14-19,21-22H,7-11,13,20,23,35H2,1-6H3/p+1. The fourth-order valence-corrected chi connectivity index (χ4v) is 6.97. The first-order valence-electron chi connectivity index (χ1n) is 14.9. The minimum absolute atomic E-state index is 0.0870. The van der Waals surface area contributed by atoms with E-state index < -0.39 is 15.5 Å². The van der Waals surface area contributed by atoms with Crippen molar-refractivity contribution in [3.05, 3.63) is 77.0 Å². The van der Waals surface area contributed by atoms with Gasteiger partial charge in [-0.25, -0.2) is 0 Å². The van der Waals surface area contributed by atoms with Gasteiger partial charge in [0.2, 0.25) is 5.69 Å². The number of carbonyl (C=O) groups excluding carboxylic acids is 1. The zero-order chi connectivity index (χ0) is 30.9. The van der Waals surface area contributed by atoms with E-state index in [-0.39, 0.29) is 22.6 Å². The van der Waals surface area contributed by atoms with Crippen LogP contribution < -0.4 is 10.6 Å². The van der Waals surface area contributed by atoms with Crippen LogP contribution in [0, 0.1) is 6.92 Å². The average molecular weight is 593 g/mol. The highest BCUT2D eigenvalue weighted by atomic mass is 32.2. The molecule has 226 valence electrons. The number of ketones is 1. The summed E-state index contributed by atoms with van der Waals surface area (Å²) < 4.78 is 35.9. The molecule has 42 heavy (non-hydrogen) atoms. The SMILES string of the molecule is Cc1ccc2c(c1)C(C)(C)C(/C=C/C=C1/N(CCCCCCCC(=O)CN)c3ccc(S(=O)(=O)O)cc3C1(C)C)=[N+]2C. The Morgan fingerprint density at radius 2 is 1.67 bits per heavy atom. The van der Waals surface area contributed by atoms with Gasteiger partial charge in [-0.15, -0.1) is 0 Å². The Labute approximate surface area is 251 Å². The van der Waals surface area contributed by atoms with Gasteiger partial charge in [0.05, 0.1) is 16.9 Å². The number of nitrogens with zero attached hydrogens (tertiary/aromatic N) is 2. The van der Waals surface area contributed by atoms with Crippen LogP contribution >= 0.6 is 0 Å². The van der Waals surface area contributed by atoms with E-state index in [9.17, 15) is 17.8 Å². The van der Waals surface area contributed by atoms with Crippen molar-refractivity contribution in [2.45, 2.75) is 88.9 Å². The average Bonchev–Trinajstić information content (AvgIpc) is 3.25. The van der Waals surface area contributed by atoms with Gasteiger partial charge in [-0.3, -0.25) is 9.35 Å². The lowest BCUT2D eigenvalue weighted by Gasteiger charge is -2.27. The quantitative estimate of drug-likeness (QED) is 0.169. The van der Waals surface area contributed by atoms with Crippen molar-refractivity contribution in [1.82, 2.24) is 0 Å². The van der Waals surface area contributed by atoms with Gasteiger partial charge in [0.15, 0.2) is 5.71 Å². The van der Waals surface area contributed by atoms with E-state index in [4.69, 9.17) is 5.73 Å². The molecular weight excluding hydrogens is 546 g/mol. The summed E-state index contributed by atoms with van der Waals surface area (Å²) in [6.45, 7) is 11.7. The summed E-state index contributed by atoms with van der Waals surface area (Å²) >= 11 is 0. The highest BCUT2D eigenvalue weighted by Crippen LogP contribution is 2.48. The van der Waals surface area contributed by atoms with E-state index in [0.29, 0.717) is 6.42 Å². The smallest absolute Gasteiger partial charge is 0.294 e. The molecule has 0 saturated carbocycles. The fraction of sp³-hybridized carbons (Fsp3) is 0.471. The second kappa shape index (κ2) is 12.3. The summed E-state index contributed by atoms with van der Waals surface area (Å²) in [4.78, 5) is 13.7. The summed E-state index contributed by atoms with van der Waals surface area (Å²) in [5.41, 5.74) is 12.7. The lowest BCUT2D eigenvalue weighted by Crippen LogP contribution is -2.27. The molecule has 3 N–H and O–H groups in total. The molecule has 7 nitrogen and oxygen atoms in total. The number of aryl methyl sites for hydroxylation is 1. The number of unbranched alkanes of at least 4 members (excludes halogenated alkanes) is 4. The highest BCUT2D eigenvalue weighted by Gasteiger charge is 2.43. The largest absolute Gasteiger partial charge is 0.344 e. The van der Waals surface area contributed by atoms with Crippen LogP contribution in [0.2, 0.25) is 0 Å². The molecule has 0 unspecified atom stereocenters. The first-order valence-corrected chi connectivity index (χ1v) is 16.4. The van der Waals surface area contributed by atoms with Gasteiger partial charge in [0.1, 0.15) is 12.8 Å². The number of benzene rings is 2. The minimum atomic E-state index is -4.32. The van der Waals surface area contributed by atoms with Crippen molar-refractivity contribution < 1.29 is 22.3 Å². The van der Waals surface area contributed by atoms with Gasteiger partial charge in [-0.2, -0.15) is 13.0 Å². The van der Waals surface area contributed by atoms with Crippen molar-refractivity contribution in [2.75, 3.05) is 25.0 Å². The Morgan fingerprint density at radius 3 is 2.36 bits per heavy atom. The molecule has 2 aliphatic rings. The normalized spacial score (nSPS) is 18.3. The number of anilines is 1. The molecule has 0 aliphatic carbocycles. The number of fused-ring (bicyclic) bond motifs is 2. The second-order valence-electron chi connectivity index (χ2n) is 12.7. The van der Waals surface area contributed by atoms with E-state index in [1.54, 1.807) is 6.07 Å². The van der Waals surface area contributed by atoms with Gasteiger partial charge in [0, 0.05) is 47.5 Å². The molecule has 8 heteroatoms. The predicted octanol–water partition coefficient (Wildman–Crippen LogP) is 6.35. The molecule has 2 aromatic carbocycles. The topological polar surface area (TPSA) is 104 Å². The second-order valence-corrected chi connectivity index (χ2v) is 14.1. The third kappa shape index (κ3) is 6.31. The molecule has 0 fully saturated rings. The Balaban J connectivity index is 1.60. The monoisotopic (exact) mass is 592 g/mol. The van der Waals surface area contributed by atoms with Crippen molar-refractivity contribution in [2.24, 2.45) is 5.73 Å². The molecule has 0 atom stereocenters. The van der Waals surface area contributed by atoms with Crippen molar-refractivity contribution in [3.8, 4) is 0 Å². The first kappa shape index (κ1) is 31.9. The lowest BCUT2D eigenvalue weighted by atomic mass is 9.80. The first-order chi connectivity index (χ1) is 19.7. The van der Waals surface area contributed by atoms with Gasteiger partial charge < -0.3 is 10.6 Å². The number of nitrogens with two attached hydrogens (primary N) is 1. The van der Waals surface area contributed by atoms with E-state index in [1.807, 2.05) is 6.07 Å². The lowest BCUT2D eigenvalue weighted by molar-refractivity contribution is -0.401. The molecule has 0 aromatic heterocycles.